The minimum atomic E-state index is -0.270. The molecule has 0 aromatic heterocycles. The molecule has 1 aliphatic heterocycles. The largest absolute Gasteiger partial charge is 0.356 e. The number of hydrogen-bond donors (Lipinski definition) is 2. The first-order valence-corrected chi connectivity index (χ1v) is 7.88. The molecule has 0 radical (unpaired) electrons. The number of nitrogens with two attached hydrogens (primary N) is 1. The Morgan fingerprint density at radius 2 is 1.85 bits per heavy atom. The lowest BCUT2D eigenvalue weighted by Gasteiger charge is -2.33. The molecule has 1 saturated heterocycles. The van der Waals surface area contributed by atoms with Gasteiger partial charge in [0.05, 0.1) is 0 Å². The molecule has 0 atom stereocenters. The molecule has 2 fully saturated rings. The maximum Gasteiger partial charge on any atom is 0.224 e. The van der Waals surface area contributed by atoms with Gasteiger partial charge in [-0.1, -0.05) is 12.8 Å². The summed E-state index contributed by atoms with van der Waals surface area (Å²) >= 11 is 0. The van der Waals surface area contributed by atoms with Gasteiger partial charge in [0.15, 0.2) is 0 Å². The van der Waals surface area contributed by atoms with Crippen molar-refractivity contribution in [2.24, 2.45) is 11.7 Å². The highest BCUT2D eigenvalue weighted by Gasteiger charge is 2.34. The zero-order chi connectivity index (χ0) is 14.6. The Balaban J connectivity index is 1.78. The highest BCUT2D eigenvalue weighted by atomic mass is 16.2. The SMILES string of the molecule is CCNC(=O)C1CCN(C(=O)CC2(N)CCCC2)CC1. The van der Waals surface area contributed by atoms with Gasteiger partial charge in [-0.15, -0.1) is 0 Å². The fraction of sp³-hybridized carbons (Fsp3) is 0.867. The summed E-state index contributed by atoms with van der Waals surface area (Å²) in [4.78, 5) is 26.0. The highest BCUT2D eigenvalue weighted by molar-refractivity contribution is 5.80. The van der Waals surface area contributed by atoms with Crippen LogP contribution in [-0.4, -0.2) is 41.9 Å². The number of piperidine rings is 1. The number of nitrogens with one attached hydrogen (secondary N) is 1. The third-order valence-corrected chi connectivity index (χ3v) is 4.67. The number of amides is 2. The van der Waals surface area contributed by atoms with Gasteiger partial charge in [-0.3, -0.25) is 9.59 Å². The van der Waals surface area contributed by atoms with E-state index in [0.29, 0.717) is 26.1 Å². The Morgan fingerprint density at radius 3 is 2.40 bits per heavy atom. The lowest BCUT2D eigenvalue weighted by Crippen LogP contribution is -2.47. The van der Waals surface area contributed by atoms with Crippen LogP contribution in [0.15, 0.2) is 0 Å². The fourth-order valence-corrected chi connectivity index (χ4v) is 3.38. The number of nitrogens with zero attached hydrogens (tertiary/aromatic N) is 1. The van der Waals surface area contributed by atoms with Crippen LogP contribution in [0.1, 0.15) is 51.9 Å². The molecule has 2 rings (SSSR count). The van der Waals surface area contributed by atoms with Gasteiger partial charge >= 0.3 is 0 Å². The van der Waals surface area contributed by atoms with Crippen LogP contribution in [0.3, 0.4) is 0 Å². The molecular weight excluding hydrogens is 254 g/mol. The molecule has 0 aromatic carbocycles. The number of rotatable bonds is 4. The van der Waals surface area contributed by atoms with Crippen molar-refractivity contribution in [3.63, 3.8) is 0 Å². The summed E-state index contributed by atoms with van der Waals surface area (Å²) in [6, 6.07) is 0. The van der Waals surface area contributed by atoms with Crippen LogP contribution < -0.4 is 11.1 Å². The normalized spacial score (nSPS) is 22.8. The van der Waals surface area contributed by atoms with E-state index in [4.69, 9.17) is 5.73 Å². The molecule has 5 heteroatoms. The third-order valence-electron chi connectivity index (χ3n) is 4.67. The van der Waals surface area contributed by atoms with Crippen LogP contribution in [0, 0.1) is 5.92 Å². The zero-order valence-corrected chi connectivity index (χ0v) is 12.5. The summed E-state index contributed by atoms with van der Waals surface area (Å²) in [5.41, 5.74) is 6.00. The number of likely N-dealkylation sites (tertiary alicyclic amines) is 1. The summed E-state index contributed by atoms with van der Waals surface area (Å²) in [5, 5.41) is 2.86. The second-order valence-electron chi connectivity index (χ2n) is 6.30. The molecule has 5 nitrogen and oxygen atoms in total. The maximum absolute atomic E-state index is 12.3. The highest BCUT2D eigenvalue weighted by Crippen LogP contribution is 2.31. The van der Waals surface area contributed by atoms with Crippen molar-refractivity contribution in [2.75, 3.05) is 19.6 Å². The molecule has 2 aliphatic rings. The number of carbonyl (C=O) groups is 2. The lowest BCUT2D eigenvalue weighted by molar-refractivity contribution is -0.136. The van der Waals surface area contributed by atoms with Crippen LogP contribution in [0.4, 0.5) is 0 Å². The second-order valence-corrected chi connectivity index (χ2v) is 6.30. The van der Waals surface area contributed by atoms with E-state index in [9.17, 15) is 9.59 Å². The topological polar surface area (TPSA) is 75.4 Å². The van der Waals surface area contributed by atoms with Gasteiger partial charge in [0.1, 0.15) is 0 Å². The molecule has 0 unspecified atom stereocenters. The van der Waals surface area contributed by atoms with Crippen molar-refractivity contribution in [1.29, 1.82) is 0 Å². The minimum Gasteiger partial charge on any atom is -0.356 e. The van der Waals surface area contributed by atoms with Gasteiger partial charge in [-0.05, 0) is 32.6 Å². The van der Waals surface area contributed by atoms with Gasteiger partial charge in [-0.2, -0.15) is 0 Å². The molecule has 0 bridgehead atoms. The molecule has 0 aromatic rings. The minimum absolute atomic E-state index is 0.0670. The summed E-state index contributed by atoms with van der Waals surface area (Å²) in [5.74, 6) is 0.367. The standard InChI is InChI=1S/C15H27N3O2/c1-2-17-14(20)12-5-9-18(10-6-12)13(19)11-15(16)7-3-4-8-15/h12H,2-11,16H2,1H3,(H,17,20). The van der Waals surface area contributed by atoms with Crippen LogP contribution in [0.25, 0.3) is 0 Å². The first-order chi connectivity index (χ1) is 9.54. The smallest absolute Gasteiger partial charge is 0.224 e. The summed E-state index contributed by atoms with van der Waals surface area (Å²) in [7, 11) is 0. The van der Waals surface area contributed by atoms with Crippen molar-refractivity contribution in [1.82, 2.24) is 10.2 Å². The van der Waals surface area contributed by atoms with Gasteiger partial charge in [0.2, 0.25) is 11.8 Å². The van der Waals surface area contributed by atoms with Gasteiger partial charge < -0.3 is 16.0 Å². The van der Waals surface area contributed by atoms with Gasteiger partial charge in [0.25, 0.3) is 0 Å². The fourth-order valence-electron chi connectivity index (χ4n) is 3.38. The Bertz CT molecular complexity index is 356. The van der Waals surface area contributed by atoms with Crippen molar-refractivity contribution >= 4 is 11.8 Å². The Morgan fingerprint density at radius 1 is 1.25 bits per heavy atom. The Hall–Kier alpha value is -1.10. The first kappa shape index (κ1) is 15.3. The molecule has 1 heterocycles. The maximum atomic E-state index is 12.3. The predicted molar refractivity (Wildman–Crippen MR) is 78.0 cm³/mol. The summed E-state index contributed by atoms with van der Waals surface area (Å²) in [6.45, 7) is 3.99. The molecular formula is C15H27N3O2. The van der Waals surface area contributed by atoms with Crippen molar-refractivity contribution in [3.8, 4) is 0 Å². The Labute approximate surface area is 121 Å². The zero-order valence-electron chi connectivity index (χ0n) is 12.5. The van der Waals surface area contributed by atoms with Gasteiger partial charge in [-0.25, -0.2) is 0 Å². The Kier molecular flexibility index (Phi) is 5.02. The van der Waals surface area contributed by atoms with E-state index in [1.165, 1.54) is 0 Å². The molecule has 20 heavy (non-hydrogen) atoms. The van der Waals surface area contributed by atoms with E-state index in [2.05, 4.69) is 5.32 Å². The predicted octanol–water partition coefficient (Wildman–Crippen LogP) is 1.02. The van der Waals surface area contributed by atoms with E-state index < -0.39 is 0 Å². The lowest BCUT2D eigenvalue weighted by atomic mass is 9.92. The van der Waals surface area contributed by atoms with Crippen LogP contribution in [0.5, 0.6) is 0 Å². The number of hydrogen-bond acceptors (Lipinski definition) is 3. The van der Waals surface area contributed by atoms with Crippen molar-refractivity contribution in [3.05, 3.63) is 0 Å². The van der Waals surface area contributed by atoms with E-state index >= 15 is 0 Å². The molecule has 1 saturated carbocycles. The average molecular weight is 281 g/mol. The molecule has 114 valence electrons. The van der Waals surface area contributed by atoms with Crippen LogP contribution in [-0.2, 0) is 9.59 Å². The quantitative estimate of drug-likeness (QED) is 0.808. The van der Waals surface area contributed by atoms with E-state index in [1.54, 1.807) is 0 Å². The van der Waals surface area contributed by atoms with Crippen molar-refractivity contribution < 1.29 is 9.59 Å². The van der Waals surface area contributed by atoms with E-state index in [1.807, 2.05) is 11.8 Å². The summed E-state index contributed by atoms with van der Waals surface area (Å²) in [6.07, 6.45) is 6.23. The second kappa shape index (κ2) is 6.57. The van der Waals surface area contributed by atoms with E-state index in [-0.39, 0.29) is 23.3 Å². The van der Waals surface area contributed by atoms with Crippen LogP contribution in [0.2, 0.25) is 0 Å². The molecule has 3 N–H and O–H groups in total. The van der Waals surface area contributed by atoms with E-state index in [0.717, 1.165) is 38.5 Å². The molecule has 1 aliphatic carbocycles. The van der Waals surface area contributed by atoms with Gasteiger partial charge in [0, 0.05) is 37.5 Å². The number of carbonyl (C=O) groups excluding carboxylic acids is 2. The first-order valence-electron chi connectivity index (χ1n) is 7.88. The van der Waals surface area contributed by atoms with Crippen LogP contribution >= 0.6 is 0 Å². The third kappa shape index (κ3) is 3.72. The molecule has 0 spiro atoms. The average Bonchev–Trinajstić information content (AvgIpc) is 2.85. The molecule has 2 amide bonds. The monoisotopic (exact) mass is 281 g/mol. The van der Waals surface area contributed by atoms with Crippen molar-refractivity contribution in [2.45, 2.75) is 57.4 Å². The summed E-state index contributed by atoms with van der Waals surface area (Å²) < 4.78 is 0.